The van der Waals surface area contributed by atoms with Gasteiger partial charge in [-0.1, -0.05) is 17.7 Å². The normalized spacial score (nSPS) is 23.4. The van der Waals surface area contributed by atoms with Crippen molar-refractivity contribution in [2.75, 3.05) is 38.3 Å². The molecule has 3 rings (SSSR count). The first-order valence-electron chi connectivity index (χ1n) is 7.65. The van der Waals surface area contributed by atoms with E-state index in [1.165, 1.54) is 0 Å². The second-order valence-electron chi connectivity index (χ2n) is 5.79. The van der Waals surface area contributed by atoms with Gasteiger partial charge >= 0.3 is 6.03 Å². The van der Waals surface area contributed by atoms with Crippen LogP contribution in [0.3, 0.4) is 0 Å². The number of fused-ring (bicyclic) bond motifs is 1. The highest BCUT2D eigenvalue weighted by atomic mass is 35.5. The summed E-state index contributed by atoms with van der Waals surface area (Å²) in [5.74, 6) is 0. The third-order valence-corrected chi connectivity index (χ3v) is 4.81. The highest BCUT2D eigenvalue weighted by Crippen LogP contribution is 2.33. The van der Waals surface area contributed by atoms with Crippen molar-refractivity contribution in [3.8, 4) is 6.07 Å². The predicted octanol–water partition coefficient (Wildman–Crippen LogP) is 1.83. The van der Waals surface area contributed by atoms with Gasteiger partial charge in [-0.25, -0.2) is 4.79 Å². The molecule has 0 saturated carbocycles. The second-order valence-corrected chi connectivity index (χ2v) is 6.20. The molecule has 1 aromatic carbocycles. The lowest BCUT2D eigenvalue weighted by atomic mass is 9.98. The number of nitriles is 1. The zero-order chi connectivity index (χ0) is 16.4. The third-order valence-electron chi connectivity index (χ3n) is 4.51. The minimum atomic E-state index is -0.0430. The summed E-state index contributed by atoms with van der Waals surface area (Å²) in [6.07, 6.45) is 0.837. The van der Waals surface area contributed by atoms with E-state index >= 15 is 0 Å². The Bertz CT molecular complexity index is 645. The van der Waals surface area contributed by atoms with Gasteiger partial charge in [0.15, 0.2) is 0 Å². The average molecular weight is 335 g/mol. The van der Waals surface area contributed by atoms with Gasteiger partial charge in [-0.05, 0) is 18.6 Å². The Morgan fingerprint density at radius 2 is 2.35 bits per heavy atom. The highest BCUT2D eigenvalue weighted by molar-refractivity contribution is 6.33. The summed E-state index contributed by atoms with van der Waals surface area (Å²) in [6.45, 7) is 2.54. The summed E-state index contributed by atoms with van der Waals surface area (Å²) in [4.78, 5) is 16.1. The van der Waals surface area contributed by atoms with Gasteiger partial charge in [0, 0.05) is 26.7 Å². The number of hydrogen-bond donors (Lipinski definition) is 1. The van der Waals surface area contributed by atoms with E-state index in [0.29, 0.717) is 30.3 Å². The molecule has 2 atom stereocenters. The first-order chi connectivity index (χ1) is 11.2. The topological polar surface area (TPSA) is 68.6 Å². The molecule has 2 fully saturated rings. The van der Waals surface area contributed by atoms with Crippen LogP contribution in [0, 0.1) is 11.3 Å². The molecule has 2 heterocycles. The number of methoxy groups -OCH3 is 1. The fourth-order valence-corrected chi connectivity index (χ4v) is 3.73. The summed E-state index contributed by atoms with van der Waals surface area (Å²) in [5.41, 5.74) is 1.33. The van der Waals surface area contributed by atoms with Gasteiger partial charge in [-0.2, -0.15) is 5.26 Å². The van der Waals surface area contributed by atoms with E-state index in [4.69, 9.17) is 16.3 Å². The molecular formula is C16H19ClN4O2. The predicted molar refractivity (Wildman–Crippen MR) is 87.7 cm³/mol. The van der Waals surface area contributed by atoms with Crippen LogP contribution in [-0.4, -0.2) is 56.4 Å². The van der Waals surface area contributed by atoms with Gasteiger partial charge in [0.25, 0.3) is 0 Å². The Morgan fingerprint density at radius 3 is 3.09 bits per heavy atom. The molecule has 0 radical (unpaired) electrons. The maximum atomic E-state index is 12.1. The lowest BCUT2D eigenvalue weighted by Crippen LogP contribution is -2.51. The van der Waals surface area contributed by atoms with Crippen molar-refractivity contribution in [3.63, 3.8) is 0 Å². The molecular weight excluding hydrogens is 316 g/mol. The maximum Gasteiger partial charge on any atom is 0.318 e. The lowest BCUT2D eigenvalue weighted by Gasteiger charge is -2.38. The number of anilines is 1. The van der Waals surface area contributed by atoms with Crippen LogP contribution in [0.25, 0.3) is 0 Å². The lowest BCUT2D eigenvalue weighted by molar-refractivity contribution is 0.140. The Kier molecular flexibility index (Phi) is 4.60. The van der Waals surface area contributed by atoms with Gasteiger partial charge in [0.2, 0.25) is 0 Å². The molecule has 23 heavy (non-hydrogen) atoms. The molecule has 2 saturated heterocycles. The molecule has 1 aromatic rings. The zero-order valence-electron chi connectivity index (χ0n) is 13.0. The number of rotatable bonds is 4. The number of urea groups is 1. The second kappa shape index (κ2) is 6.65. The summed E-state index contributed by atoms with van der Waals surface area (Å²) in [5, 5.41) is 12.9. The van der Waals surface area contributed by atoms with Gasteiger partial charge in [0.1, 0.15) is 6.07 Å². The van der Waals surface area contributed by atoms with Crippen LogP contribution in [0.1, 0.15) is 12.0 Å². The zero-order valence-corrected chi connectivity index (χ0v) is 13.7. The number of carbonyl (C=O) groups excluding carboxylic acids is 1. The van der Waals surface area contributed by atoms with E-state index in [9.17, 15) is 10.1 Å². The molecule has 2 aliphatic heterocycles. The molecule has 6 nitrogen and oxygen atoms in total. The number of nitrogens with zero attached hydrogens (tertiary/aromatic N) is 3. The first-order valence-corrected chi connectivity index (χ1v) is 8.03. The highest BCUT2D eigenvalue weighted by Gasteiger charge is 2.42. The molecule has 0 bridgehead atoms. The van der Waals surface area contributed by atoms with Crippen molar-refractivity contribution >= 4 is 23.3 Å². The number of amides is 2. The van der Waals surface area contributed by atoms with Crippen LogP contribution >= 0.6 is 11.6 Å². The van der Waals surface area contributed by atoms with Crippen molar-refractivity contribution in [2.24, 2.45) is 0 Å². The molecule has 0 spiro atoms. The summed E-state index contributed by atoms with van der Waals surface area (Å²) in [6, 6.07) is 7.70. The fraction of sp³-hybridized carbons (Fsp3) is 0.500. The monoisotopic (exact) mass is 334 g/mol. The van der Waals surface area contributed by atoms with Crippen LogP contribution in [0.15, 0.2) is 18.2 Å². The number of benzene rings is 1. The summed E-state index contributed by atoms with van der Waals surface area (Å²) < 4.78 is 5.08. The average Bonchev–Trinajstić information content (AvgIpc) is 2.86. The largest absolute Gasteiger partial charge is 0.383 e. The molecule has 1 N–H and O–H groups in total. The van der Waals surface area contributed by atoms with Crippen LogP contribution in [0.2, 0.25) is 5.02 Å². The van der Waals surface area contributed by atoms with E-state index in [1.807, 2.05) is 4.90 Å². The first kappa shape index (κ1) is 15.9. The number of carbonyl (C=O) groups is 1. The van der Waals surface area contributed by atoms with Crippen molar-refractivity contribution in [2.45, 2.75) is 18.5 Å². The van der Waals surface area contributed by atoms with Crippen LogP contribution in [0.5, 0.6) is 0 Å². The fourth-order valence-electron chi connectivity index (χ4n) is 3.43. The van der Waals surface area contributed by atoms with Gasteiger partial charge in [-0.15, -0.1) is 0 Å². The molecule has 122 valence electrons. The molecule has 0 aliphatic carbocycles. The van der Waals surface area contributed by atoms with E-state index in [-0.39, 0.29) is 18.1 Å². The van der Waals surface area contributed by atoms with Gasteiger partial charge in [-0.3, -0.25) is 0 Å². The number of piperidine rings is 1. The molecule has 0 unspecified atom stereocenters. The van der Waals surface area contributed by atoms with E-state index < -0.39 is 0 Å². The Morgan fingerprint density at radius 1 is 1.52 bits per heavy atom. The minimum absolute atomic E-state index is 0.0379. The third kappa shape index (κ3) is 2.94. The van der Waals surface area contributed by atoms with E-state index in [0.717, 1.165) is 18.7 Å². The van der Waals surface area contributed by atoms with Crippen LogP contribution in [0.4, 0.5) is 10.5 Å². The smallest absolute Gasteiger partial charge is 0.318 e. The quantitative estimate of drug-likeness (QED) is 0.912. The number of hydrogen-bond acceptors (Lipinski definition) is 4. The van der Waals surface area contributed by atoms with Crippen molar-refractivity contribution in [3.05, 3.63) is 28.8 Å². The van der Waals surface area contributed by atoms with E-state index in [1.54, 1.807) is 25.3 Å². The Hall–Kier alpha value is -1.97. The standard InChI is InChI=1S/C16H19ClN4O2/c1-23-8-7-21-14-5-6-20(10-13(14)19-16(21)22)15-11(9-18)3-2-4-12(15)17/h2-4,13-14H,5-8,10H2,1H3,(H,19,22)/t13-,14+/m1/s1. The SMILES string of the molecule is COCCN1C(=O)N[C@@H]2CN(c3c(Cl)cccc3C#N)CC[C@@H]21. The summed E-state index contributed by atoms with van der Waals surface area (Å²) >= 11 is 6.30. The maximum absolute atomic E-state index is 12.1. The van der Waals surface area contributed by atoms with Crippen LogP contribution in [-0.2, 0) is 4.74 Å². The minimum Gasteiger partial charge on any atom is -0.383 e. The number of ether oxygens (including phenoxy) is 1. The number of para-hydroxylation sites is 1. The number of nitrogens with one attached hydrogen (secondary N) is 1. The Labute approximate surface area is 140 Å². The van der Waals surface area contributed by atoms with E-state index in [2.05, 4.69) is 16.3 Å². The summed E-state index contributed by atoms with van der Waals surface area (Å²) in [7, 11) is 1.63. The molecule has 0 aromatic heterocycles. The van der Waals surface area contributed by atoms with Crippen molar-refractivity contribution in [1.82, 2.24) is 10.2 Å². The van der Waals surface area contributed by atoms with Crippen molar-refractivity contribution < 1.29 is 9.53 Å². The number of halogens is 1. The molecule has 2 aliphatic rings. The molecule has 2 amide bonds. The molecule has 7 heteroatoms. The van der Waals surface area contributed by atoms with Crippen LogP contribution < -0.4 is 10.2 Å². The Balaban J connectivity index is 1.78. The van der Waals surface area contributed by atoms with Gasteiger partial charge < -0.3 is 19.9 Å². The van der Waals surface area contributed by atoms with Gasteiger partial charge in [0.05, 0.1) is 35.0 Å². The van der Waals surface area contributed by atoms with Crippen molar-refractivity contribution in [1.29, 1.82) is 5.26 Å².